The average Bonchev–Trinajstić information content (AvgIpc) is 2.88. The molecule has 0 spiro atoms. The third-order valence-corrected chi connectivity index (χ3v) is 8.05. The molecule has 37 heavy (non-hydrogen) atoms. The van der Waals surface area contributed by atoms with E-state index in [1.807, 2.05) is 0 Å². The number of halogens is 3. The molecule has 3 aromatic rings. The predicted octanol–water partition coefficient (Wildman–Crippen LogP) is 4.45. The van der Waals surface area contributed by atoms with Crippen molar-refractivity contribution >= 4 is 26.9 Å². The van der Waals surface area contributed by atoms with E-state index in [4.69, 9.17) is 4.55 Å². The van der Waals surface area contributed by atoms with Crippen molar-refractivity contribution in [2.75, 3.05) is 25.0 Å². The first-order chi connectivity index (χ1) is 17.5. The summed E-state index contributed by atoms with van der Waals surface area (Å²) in [5.74, 6) is -1.27. The number of nitrogens with zero attached hydrogens (tertiary/aromatic N) is 3. The highest BCUT2D eigenvalue weighted by Crippen LogP contribution is 2.41. The molecule has 1 unspecified atom stereocenters. The van der Waals surface area contributed by atoms with Crippen molar-refractivity contribution in [3.05, 3.63) is 59.9 Å². The third-order valence-electron chi connectivity index (χ3n) is 6.04. The molecule has 1 fully saturated rings. The molecule has 1 aliphatic rings. The quantitative estimate of drug-likeness (QED) is 0.415. The van der Waals surface area contributed by atoms with Gasteiger partial charge in [0.2, 0.25) is 15.8 Å². The summed E-state index contributed by atoms with van der Waals surface area (Å²) in [6.45, 7) is 1.04. The molecule has 0 saturated carbocycles. The Kier molecular flexibility index (Phi) is 7.97. The molecule has 198 valence electrons. The summed E-state index contributed by atoms with van der Waals surface area (Å²) in [5, 5.41) is 0. The van der Waals surface area contributed by atoms with Gasteiger partial charge in [-0.1, -0.05) is 36.4 Å². The number of alkyl halides is 3. The van der Waals surface area contributed by atoms with Crippen molar-refractivity contribution in [2.45, 2.75) is 36.1 Å². The number of sulfonamides is 1. The standard InChI is InChI=1S/C24H25F3N4O4S2/c1-28-37(34,35)19-11-9-17(10-12-19)20-21(18-7-5-16(6-8-18)15-36(32)33)29-23(24(25,26)27)30-22(20)31-13-3-2-4-14-31/h5-12,28H,2-4,13-15H2,1H3,(H,32,33). The van der Waals surface area contributed by atoms with E-state index in [1.165, 1.54) is 31.3 Å². The molecule has 1 saturated heterocycles. The van der Waals surface area contributed by atoms with Crippen molar-refractivity contribution in [2.24, 2.45) is 0 Å². The third kappa shape index (κ3) is 6.17. The summed E-state index contributed by atoms with van der Waals surface area (Å²) >= 11 is -2.07. The zero-order chi connectivity index (χ0) is 26.8. The molecule has 4 rings (SSSR count). The molecule has 0 bridgehead atoms. The van der Waals surface area contributed by atoms with Crippen LogP contribution in [0.15, 0.2) is 53.4 Å². The van der Waals surface area contributed by atoms with Crippen molar-refractivity contribution in [3.8, 4) is 22.4 Å². The maximum Gasteiger partial charge on any atom is 0.451 e. The van der Waals surface area contributed by atoms with E-state index >= 15 is 0 Å². The fourth-order valence-electron chi connectivity index (χ4n) is 4.20. The Balaban J connectivity index is 1.96. The largest absolute Gasteiger partial charge is 0.451 e. The normalized spacial score (nSPS) is 15.5. The zero-order valence-corrected chi connectivity index (χ0v) is 21.5. The highest BCUT2D eigenvalue weighted by Gasteiger charge is 2.37. The Morgan fingerprint density at radius 3 is 2.11 bits per heavy atom. The van der Waals surface area contributed by atoms with Crippen LogP contribution in [-0.2, 0) is 33.0 Å². The van der Waals surface area contributed by atoms with E-state index < -0.39 is 33.1 Å². The van der Waals surface area contributed by atoms with Gasteiger partial charge in [-0.15, -0.1) is 0 Å². The van der Waals surface area contributed by atoms with Gasteiger partial charge in [0.1, 0.15) is 5.82 Å². The number of anilines is 1. The molecule has 0 radical (unpaired) electrons. The Bertz CT molecular complexity index is 1390. The van der Waals surface area contributed by atoms with Gasteiger partial charge in [0.15, 0.2) is 11.1 Å². The topological polar surface area (TPSA) is 112 Å². The van der Waals surface area contributed by atoms with Crippen LogP contribution in [-0.4, -0.2) is 47.3 Å². The van der Waals surface area contributed by atoms with Crippen molar-refractivity contribution < 1.29 is 30.4 Å². The smallest absolute Gasteiger partial charge is 0.356 e. The number of nitrogens with one attached hydrogen (secondary N) is 1. The Hall–Kier alpha value is -2.87. The first-order valence-corrected chi connectivity index (χ1v) is 14.2. The van der Waals surface area contributed by atoms with Crippen LogP contribution < -0.4 is 9.62 Å². The second-order valence-electron chi connectivity index (χ2n) is 8.53. The summed E-state index contributed by atoms with van der Waals surface area (Å²) in [4.78, 5) is 9.70. The van der Waals surface area contributed by atoms with Crippen molar-refractivity contribution in [3.63, 3.8) is 0 Å². The second-order valence-corrected chi connectivity index (χ2v) is 11.4. The van der Waals surface area contributed by atoms with Crippen molar-refractivity contribution in [1.82, 2.24) is 14.7 Å². The summed E-state index contributed by atoms with van der Waals surface area (Å²) in [6, 6.07) is 12.0. The van der Waals surface area contributed by atoms with E-state index in [0.717, 1.165) is 19.3 Å². The zero-order valence-electron chi connectivity index (χ0n) is 19.8. The average molecular weight is 555 g/mol. The lowest BCUT2D eigenvalue weighted by Crippen LogP contribution is -2.32. The van der Waals surface area contributed by atoms with Gasteiger partial charge in [0.25, 0.3) is 0 Å². The van der Waals surface area contributed by atoms with Gasteiger partial charge < -0.3 is 9.45 Å². The molecule has 0 amide bonds. The molecular weight excluding hydrogens is 529 g/mol. The molecule has 1 aliphatic heterocycles. The molecule has 13 heteroatoms. The summed E-state index contributed by atoms with van der Waals surface area (Å²) < 4.78 is 88.7. The molecule has 2 aromatic carbocycles. The first-order valence-electron chi connectivity index (χ1n) is 11.4. The minimum absolute atomic E-state index is 0.00834. The van der Waals surface area contributed by atoms with E-state index in [1.54, 1.807) is 29.2 Å². The van der Waals surface area contributed by atoms with Gasteiger partial charge in [0, 0.05) is 18.7 Å². The maximum absolute atomic E-state index is 13.9. The molecule has 1 aromatic heterocycles. The molecule has 0 aliphatic carbocycles. The first kappa shape index (κ1) is 27.2. The lowest BCUT2D eigenvalue weighted by atomic mass is 9.97. The second kappa shape index (κ2) is 10.9. The monoisotopic (exact) mass is 554 g/mol. The van der Waals surface area contributed by atoms with E-state index in [2.05, 4.69) is 14.7 Å². The lowest BCUT2D eigenvalue weighted by molar-refractivity contribution is -0.144. The number of aromatic nitrogens is 2. The van der Waals surface area contributed by atoms with Crippen LogP contribution in [0.4, 0.5) is 19.0 Å². The number of hydrogen-bond acceptors (Lipinski definition) is 6. The Morgan fingerprint density at radius 2 is 1.57 bits per heavy atom. The SMILES string of the molecule is CNS(=O)(=O)c1ccc(-c2c(-c3ccc(CS(=O)O)cc3)nc(C(F)(F)F)nc2N2CCCCC2)cc1. The Morgan fingerprint density at radius 1 is 0.973 bits per heavy atom. The maximum atomic E-state index is 13.9. The predicted molar refractivity (Wildman–Crippen MR) is 135 cm³/mol. The van der Waals surface area contributed by atoms with Gasteiger partial charge in [-0.2, -0.15) is 13.2 Å². The molecular formula is C24H25F3N4O4S2. The van der Waals surface area contributed by atoms with Crippen LogP contribution in [0, 0.1) is 0 Å². The van der Waals surface area contributed by atoms with Crippen LogP contribution in [0.1, 0.15) is 30.7 Å². The van der Waals surface area contributed by atoms with Gasteiger partial charge in [-0.05, 0) is 49.6 Å². The van der Waals surface area contributed by atoms with E-state index in [0.29, 0.717) is 35.3 Å². The highest BCUT2D eigenvalue weighted by atomic mass is 32.2. The van der Waals surface area contributed by atoms with Gasteiger partial charge in [-0.25, -0.2) is 27.3 Å². The van der Waals surface area contributed by atoms with Crippen LogP contribution in [0.3, 0.4) is 0 Å². The lowest BCUT2D eigenvalue weighted by Gasteiger charge is -2.31. The van der Waals surface area contributed by atoms with Crippen molar-refractivity contribution in [1.29, 1.82) is 0 Å². The van der Waals surface area contributed by atoms with E-state index in [9.17, 15) is 25.8 Å². The minimum Gasteiger partial charge on any atom is -0.356 e. The van der Waals surface area contributed by atoms with Crippen LogP contribution >= 0.6 is 0 Å². The van der Waals surface area contributed by atoms with Crippen LogP contribution in [0.2, 0.25) is 0 Å². The molecule has 1 atom stereocenters. The van der Waals surface area contributed by atoms with Gasteiger partial charge >= 0.3 is 6.18 Å². The molecule has 2 heterocycles. The highest BCUT2D eigenvalue weighted by molar-refractivity contribution is 7.89. The van der Waals surface area contributed by atoms with Crippen LogP contribution in [0.5, 0.6) is 0 Å². The van der Waals surface area contributed by atoms with E-state index in [-0.39, 0.29) is 22.2 Å². The Labute approximate surface area is 215 Å². The molecule has 8 nitrogen and oxygen atoms in total. The number of benzene rings is 2. The fraction of sp³-hybridized carbons (Fsp3) is 0.333. The van der Waals surface area contributed by atoms with Gasteiger partial charge in [-0.3, -0.25) is 0 Å². The van der Waals surface area contributed by atoms with Crippen LogP contribution in [0.25, 0.3) is 22.4 Å². The molecule has 2 N–H and O–H groups in total. The minimum atomic E-state index is -4.80. The number of rotatable bonds is 7. The number of hydrogen-bond donors (Lipinski definition) is 2. The summed E-state index contributed by atoms with van der Waals surface area (Å²) in [5.41, 5.74) is 1.74. The summed E-state index contributed by atoms with van der Waals surface area (Å²) in [6.07, 6.45) is -2.24. The summed E-state index contributed by atoms with van der Waals surface area (Å²) in [7, 11) is -2.43. The number of piperidine rings is 1. The fourth-order valence-corrected chi connectivity index (χ4v) is 5.41. The van der Waals surface area contributed by atoms with Gasteiger partial charge in [0.05, 0.1) is 21.9 Å².